The Balaban J connectivity index is 1.14. The van der Waals surface area contributed by atoms with Crippen molar-refractivity contribution in [2.75, 3.05) is 4.90 Å². The number of hydrogen-bond acceptors (Lipinski definition) is 2. The molecule has 2 nitrogen and oxygen atoms in total. The van der Waals surface area contributed by atoms with Crippen LogP contribution in [0.15, 0.2) is 180 Å². The SMILES string of the molecule is CC1(C)c2ccccc2-c2ccc(N(c3ccc4c(c3)-c3ccccc3C43c4ccccc4-c4ccccc43)c3cccc4oc5ccccc5c34)cc21. The number of anilines is 3. The first-order valence-corrected chi connectivity index (χ1v) is 18.9. The summed E-state index contributed by atoms with van der Waals surface area (Å²) < 4.78 is 6.49. The Hall–Kier alpha value is -6.64. The maximum atomic E-state index is 6.49. The first-order chi connectivity index (χ1) is 26.5. The highest BCUT2D eigenvalue weighted by Crippen LogP contribution is 2.63. The van der Waals surface area contributed by atoms with E-state index in [0.717, 1.165) is 39.0 Å². The lowest BCUT2D eigenvalue weighted by atomic mass is 9.70. The molecule has 254 valence electrons. The van der Waals surface area contributed by atoms with Crippen LogP contribution >= 0.6 is 0 Å². The minimum absolute atomic E-state index is 0.130. The molecule has 3 aliphatic rings. The molecule has 2 heteroatoms. The second-order valence-electron chi connectivity index (χ2n) is 15.6. The number of fused-ring (bicyclic) bond motifs is 16. The fraction of sp³-hybridized carbons (Fsp3) is 0.0769. The molecule has 0 bridgehead atoms. The van der Waals surface area contributed by atoms with Gasteiger partial charge in [-0.2, -0.15) is 0 Å². The van der Waals surface area contributed by atoms with Crippen LogP contribution in [0.25, 0.3) is 55.3 Å². The molecule has 0 saturated heterocycles. The van der Waals surface area contributed by atoms with Gasteiger partial charge >= 0.3 is 0 Å². The summed E-state index contributed by atoms with van der Waals surface area (Å²) in [5, 5.41) is 2.23. The zero-order valence-corrected chi connectivity index (χ0v) is 30.1. The Morgan fingerprint density at radius 2 is 0.889 bits per heavy atom. The van der Waals surface area contributed by atoms with Crippen LogP contribution in [0.3, 0.4) is 0 Å². The van der Waals surface area contributed by atoms with Crippen molar-refractivity contribution < 1.29 is 4.42 Å². The lowest BCUT2D eigenvalue weighted by Crippen LogP contribution is -2.25. The molecule has 1 spiro atoms. The van der Waals surface area contributed by atoms with Gasteiger partial charge in [-0.25, -0.2) is 0 Å². The summed E-state index contributed by atoms with van der Waals surface area (Å²) >= 11 is 0. The molecule has 9 aromatic rings. The van der Waals surface area contributed by atoms with Crippen molar-refractivity contribution in [3.05, 3.63) is 209 Å². The highest BCUT2D eigenvalue weighted by molar-refractivity contribution is 6.13. The Morgan fingerprint density at radius 3 is 1.59 bits per heavy atom. The van der Waals surface area contributed by atoms with Crippen LogP contribution in [-0.2, 0) is 10.8 Å². The second-order valence-corrected chi connectivity index (χ2v) is 15.6. The van der Waals surface area contributed by atoms with Crippen molar-refractivity contribution >= 4 is 39.0 Å². The van der Waals surface area contributed by atoms with E-state index in [-0.39, 0.29) is 10.8 Å². The molecule has 0 saturated carbocycles. The number of rotatable bonds is 3. The zero-order chi connectivity index (χ0) is 35.8. The average molecular weight is 690 g/mol. The van der Waals surface area contributed by atoms with Gasteiger partial charge < -0.3 is 9.32 Å². The first-order valence-electron chi connectivity index (χ1n) is 18.9. The Morgan fingerprint density at radius 1 is 0.389 bits per heavy atom. The fourth-order valence-electron chi connectivity index (χ4n) is 10.4. The van der Waals surface area contributed by atoms with Gasteiger partial charge in [0.05, 0.1) is 16.5 Å². The van der Waals surface area contributed by atoms with Crippen LogP contribution in [0.5, 0.6) is 0 Å². The van der Waals surface area contributed by atoms with Gasteiger partial charge in [-0.15, -0.1) is 0 Å². The molecule has 0 aliphatic heterocycles. The largest absolute Gasteiger partial charge is 0.456 e. The van der Waals surface area contributed by atoms with Gasteiger partial charge in [0.1, 0.15) is 11.2 Å². The number of benzene rings is 8. The summed E-state index contributed by atoms with van der Waals surface area (Å²) in [6.45, 7) is 4.72. The topological polar surface area (TPSA) is 16.4 Å². The van der Waals surface area contributed by atoms with Crippen LogP contribution in [0.2, 0.25) is 0 Å². The van der Waals surface area contributed by atoms with Crippen molar-refractivity contribution in [2.24, 2.45) is 0 Å². The number of furan rings is 1. The van der Waals surface area contributed by atoms with Gasteiger partial charge in [-0.05, 0) is 109 Å². The molecule has 12 rings (SSSR count). The molecular formula is C52H35NO. The highest BCUT2D eigenvalue weighted by Gasteiger charge is 2.51. The third kappa shape index (κ3) is 3.65. The zero-order valence-electron chi connectivity index (χ0n) is 30.1. The van der Waals surface area contributed by atoms with E-state index in [4.69, 9.17) is 4.42 Å². The maximum absolute atomic E-state index is 6.49. The summed E-state index contributed by atoms with van der Waals surface area (Å²) in [6, 6.07) is 65.2. The molecular weight excluding hydrogens is 655 g/mol. The Bertz CT molecular complexity index is 3010. The standard InChI is InChI=1S/C52H35NO/c1-51(2)41-19-8-3-14-34(41)38-28-26-33(31-46(38)51)53(47-23-13-25-49-50(47)39-18-7-12-24-48(39)54-49)32-27-29-45-40(30-32)37-17-6-11-22-44(37)52(45)42-20-9-4-15-35(42)36-16-5-10-21-43(36)52/h3-31H,1-2H3. The van der Waals surface area contributed by atoms with Crippen LogP contribution in [0.1, 0.15) is 47.2 Å². The van der Waals surface area contributed by atoms with Crippen molar-refractivity contribution in [1.82, 2.24) is 0 Å². The lowest BCUT2D eigenvalue weighted by molar-refractivity contribution is 0.660. The number of hydrogen-bond donors (Lipinski definition) is 0. The Labute approximate surface area is 314 Å². The summed E-state index contributed by atoms with van der Waals surface area (Å²) in [5.74, 6) is 0. The van der Waals surface area contributed by atoms with E-state index in [0.29, 0.717) is 0 Å². The fourth-order valence-corrected chi connectivity index (χ4v) is 10.4. The molecule has 1 heterocycles. The molecule has 0 N–H and O–H groups in total. The molecule has 0 unspecified atom stereocenters. The smallest absolute Gasteiger partial charge is 0.137 e. The number of para-hydroxylation sites is 1. The van der Waals surface area contributed by atoms with Crippen molar-refractivity contribution in [3.8, 4) is 33.4 Å². The number of nitrogens with zero attached hydrogens (tertiary/aromatic N) is 1. The monoisotopic (exact) mass is 689 g/mol. The molecule has 0 amide bonds. The normalized spacial score (nSPS) is 14.8. The van der Waals surface area contributed by atoms with Gasteiger partial charge in [0, 0.05) is 22.2 Å². The van der Waals surface area contributed by atoms with E-state index < -0.39 is 0 Å². The molecule has 0 radical (unpaired) electrons. The molecule has 0 fully saturated rings. The summed E-state index contributed by atoms with van der Waals surface area (Å²) in [7, 11) is 0. The van der Waals surface area contributed by atoms with E-state index in [2.05, 4.69) is 195 Å². The highest BCUT2D eigenvalue weighted by atomic mass is 16.3. The molecule has 1 aromatic heterocycles. The molecule has 54 heavy (non-hydrogen) atoms. The van der Waals surface area contributed by atoms with Crippen LogP contribution in [-0.4, -0.2) is 0 Å². The van der Waals surface area contributed by atoms with Gasteiger partial charge in [-0.3, -0.25) is 0 Å². The van der Waals surface area contributed by atoms with Crippen molar-refractivity contribution in [3.63, 3.8) is 0 Å². The lowest BCUT2D eigenvalue weighted by Gasteiger charge is -2.31. The average Bonchev–Trinajstić information content (AvgIpc) is 3.91. The van der Waals surface area contributed by atoms with Gasteiger partial charge in [0.25, 0.3) is 0 Å². The molecule has 0 atom stereocenters. The summed E-state index contributed by atoms with van der Waals surface area (Å²) in [6.07, 6.45) is 0. The maximum Gasteiger partial charge on any atom is 0.137 e. The van der Waals surface area contributed by atoms with Gasteiger partial charge in [-0.1, -0.05) is 147 Å². The van der Waals surface area contributed by atoms with Crippen molar-refractivity contribution in [1.29, 1.82) is 0 Å². The van der Waals surface area contributed by atoms with E-state index in [1.54, 1.807) is 0 Å². The summed E-state index contributed by atoms with van der Waals surface area (Å²) in [5.41, 5.74) is 20.6. The van der Waals surface area contributed by atoms with Gasteiger partial charge in [0.15, 0.2) is 0 Å². The first kappa shape index (κ1) is 29.9. The second kappa shape index (κ2) is 10.5. The third-order valence-electron chi connectivity index (χ3n) is 12.7. The van der Waals surface area contributed by atoms with Crippen molar-refractivity contribution in [2.45, 2.75) is 24.7 Å². The molecule has 8 aromatic carbocycles. The van der Waals surface area contributed by atoms with E-state index >= 15 is 0 Å². The van der Waals surface area contributed by atoms with E-state index in [1.165, 1.54) is 66.8 Å². The Kier molecular flexibility index (Phi) is 5.81. The predicted molar refractivity (Wildman–Crippen MR) is 222 cm³/mol. The van der Waals surface area contributed by atoms with E-state index in [1.807, 2.05) is 0 Å². The minimum Gasteiger partial charge on any atom is -0.456 e. The van der Waals surface area contributed by atoms with Gasteiger partial charge in [0.2, 0.25) is 0 Å². The molecule has 3 aliphatic carbocycles. The quantitative estimate of drug-likeness (QED) is 0.184. The van der Waals surface area contributed by atoms with E-state index in [9.17, 15) is 0 Å². The van der Waals surface area contributed by atoms with Crippen LogP contribution in [0.4, 0.5) is 17.1 Å². The van der Waals surface area contributed by atoms with Crippen LogP contribution < -0.4 is 4.90 Å². The summed E-state index contributed by atoms with van der Waals surface area (Å²) in [4.78, 5) is 2.47. The predicted octanol–water partition coefficient (Wildman–Crippen LogP) is 13.7. The third-order valence-corrected chi connectivity index (χ3v) is 12.7. The van der Waals surface area contributed by atoms with Crippen LogP contribution in [0, 0.1) is 0 Å². The minimum atomic E-state index is -0.382.